The molecule has 84 valence electrons. The average molecular weight is 225 g/mol. The molecule has 0 aromatic carbocycles. The summed E-state index contributed by atoms with van der Waals surface area (Å²) in [6, 6.07) is 6.93. The summed E-state index contributed by atoms with van der Waals surface area (Å²) in [6.45, 7) is 0. The van der Waals surface area contributed by atoms with E-state index >= 15 is 0 Å². The van der Waals surface area contributed by atoms with E-state index in [9.17, 15) is 0 Å². The molecule has 0 saturated carbocycles. The smallest absolute Gasteiger partial charge is 0.154 e. The van der Waals surface area contributed by atoms with Gasteiger partial charge in [0, 0.05) is 35.9 Å². The maximum atomic E-state index is 7.80. The third-order valence-electron chi connectivity index (χ3n) is 2.16. The fourth-order valence-electron chi connectivity index (χ4n) is 1.28. The number of hydrogen-bond acceptors (Lipinski definition) is 3. The molecule has 0 fully saturated rings. The average Bonchev–Trinajstić information content (AvgIpc) is 2.40. The molecule has 3 N–H and O–H groups in total. The quantitative estimate of drug-likeness (QED) is 0.594. The van der Waals surface area contributed by atoms with Gasteiger partial charge in [0.2, 0.25) is 0 Å². The molecule has 17 heavy (non-hydrogen) atoms. The van der Waals surface area contributed by atoms with Crippen LogP contribution in [0.25, 0.3) is 0 Å². The highest BCUT2D eigenvalue weighted by molar-refractivity contribution is 6.09. The summed E-state index contributed by atoms with van der Waals surface area (Å²) in [6.07, 6.45) is 6.49. The van der Waals surface area contributed by atoms with Gasteiger partial charge in [0.25, 0.3) is 0 Å². The van der Waals surface area contributed by atoms with Gasteiger partial charge in [-0.05, 0) is 24.3 Å². The number of nitrogens with two attached hydrogens (primary N) is 1. The first-order valence-electron chi connectivity index (χ1n) is 5.01. The van der Waals surface area contributed by atoms with Crippen LogP contribution in [0.2, 0.25) is 0 Å². The molecule has 0 saturated heterocycles. The van der Waals surface area contributed by atoms with Gasteiger partial charge in [0.05, 0.1) is 0 Å². The summed E-state index contributed by atoms with van der Waals surface area (Å²) in [7, 11) is 0. The molecule has 0 aliphatic carbocycles. The van der Waals surface area contributed by atoms with Crippen LogP contribution in [0, 0.1) is 5.41 Å². The second-order valence-electron chi connectivity index (χ2n) is 3.32. The van der Waals surface area contributed by atoms with Crippen molar-refractivity contribution >= 4 is 11.7 Å². The zero-order valence-electron chi connectivity index (χ0n) is 9.04. The molecule has 5 heteroatoms. The van der Waals surface area contributed by atoms with E-state index in [-0.39, 0.29) is 5.84 Å². The highest BCUT2D eigenvalue weighted by Crippen LogP contribution is 2.01. The molecule has 2 aromatic rings. The van der Waals surface area contributed by atoms with Crippen molar-refractivity contribution in [2.75, 3.05) is 0 Å². The lowest BCUT2D eigenvalue weighted by molar-refractivity contribution is 1.30. The molecule has 0 amide bonds. The van der Waals surface area contributed by atoms with Gasteiger partial charge < -0.3 is 5.73 Å². The van der Waals surface area contributed by atoms with Crippen LogP contribution < -0.4 is 5.73 Å². The summed E-state index contributed by atoms with van der Waals surface area (Å²) in [5, 5.41) is 7.80. The largest absolute Gasteiger partial charge is 0.383 e. The first-order valence-corrected chi connectivity index (χ1v) is 5.01. The molecule has 0 aliphatic rings. The molecule has 0 radical (unpaired) electrons. The van der Waals surface area contributed by atoms with Crippen LogP contribution in [0.5, 0.6) is 0 Å². The molecule has 0 unspecified atom stereocenters. The number of nitrogens with zero attached hydrogens (tertiary/aromatic N) is 3. The Morgan fingerprint density at radius 1 is 0.941 bits per heavy atom. The molecular weight excluding hydrogens is 214 g/mol. The van der Waals surface area contributed by atoms with E-state index in [1.54, 1.807) is 49.1 Å². The molecule has 0 aliphatic heterocycles. The van der Waals surface area contributed by atoms with E-state index in [1.807, 2.05) is 0 Å². The summed E-state index contributed by atoms with van der Waals surface area (Å²) in [4.78, 5) is 11.8. The maximum Gasteiger partial charge on any atom is 0.154 e. The minimum atomic E-state index is 0.113. The standard InChI is InChI=1S/C12H11N5/c13-11(9-1-5-15-6-2-9)17-12(14)10-3-7-16-8-4-10/h1-8H,(H3,13,14,17). The van der Waals surface area contributed by atoms with Crippen molar-refractivity contribution < 1.29 is 0 Å². The number of aromatic nitrogens is 2. The second-order valence-corrected chi connectivity index (χ2v) is 3.32. The van der Waals surface area contributed by atoms with Gasteiger partial charge in [0.15, 0.2) is 5.84 Å². The van der Waals surface area contributed by atoms with Crippen LogP contribution in [0.15, 0.2) is 54.0 Å². The molecule has 0 atom stereocenters. The lowest BCUT2D eigenvalue weighted by atomic mass is 10.2. The number of aliphatic imine (C=N–C) groups is 1. The van der Waals surface area contributed by atoms with Crippen LogP contribution >= 0.6 is 0 Å². The Morgan fingerprint density at radius 2 is 1.41 bits per heavy atom. The van der Waals surface area contributed by atoms with Crippen LogP contribution in [0.1, 0.15) is 11.1 Å². The molecule has 2 aromatic heterocycles. The van der Waals surface area contributed by atoms with Crippen molar-refractivity contribution in [3.8, 4) is 0 Å². The molecule has 0 bridgehead atoms. The third kappa shape index (κ3) is 2.72. The lowest BCUT2D eigenvalue weighted by Gasteiger charge is -2.01. The molecule has 2 rings (SSSR count). The second kappa shape index (κ2) is 4.98. The van der Waals surface area contributed by atoms with E-state index < -0.39 is 0 Å². The summed E-state index contributed by atoms with van der Waals surface area (Å²) in [5.74, 6) is 0.413. The third-order valence-corrected chi connectivity index (χ3v) is 2.16. The molecular formula is C12H11N5. The normalized spacial score (nSPS) is 11.2. The highest BCUT2D eigenvalue weighted by Gasteiger charge is 2.02. The summed E-state index contributed by atoms with van der Waals surface area (Å²) >= 11 is 0. The van der Waals surface area contributed by atoms with E-state index in [1.165, 1.54) is 0 Å². The Morgan fingerprint density at radius 3 is 1.94 bits per heavy atom. The van der Waals surface area contributed by atoms with Crippen molar-refractivity contribution in [1.29, 1.82) is 5.41 Å². The molecule has 0 spiro atoms. The zero-order valence-corrected chi connectivity index (χ0v) is 9.04. The zero-order chi connectivity index (χ0) is 12.1. The fraction of sp³-hybridized carbons (Fsp3) is 0. The number of amidine groups is 2. The van der Waals surface area contributed by atoms with E-state index in [2.05, 4.69) is 15.0 Å². The van der Waals surface area contributed by atoms with Gasteiger partial charge in [-0.2, -0.15) is 0 Å². The van der Waals surface area contributed by atoms with Crippen LogP contribution in [-0.2, 0) is 0 Å². The fourth-order valence-corrected chi connectivity index (χ4v) is 1.28. The summed E-state index contributed by atoms with van der Waals surface area (Å²) in [5.41, 5.74) is 7.23. The van der Waals surface area contributed by atoms with Crippen LogP contribution in [0.4, 0.5) is 0 Å². The van der Waals surface area contributed by atoms with Gasteiger partial charge in [-0.3, -0.25) is 15.4 Å². The number of hydrogen-bond donors (Lipinski definition) is 2. The SMILES string of the molecule is N=C(/N=C(\N)c1ccncc1)c1ccncc1. The number of rotatable bonds is 2. The van der Waals surface area contributed by atoms with Crippen molar-refractivity contribution in [2.24, 2.45) is 10.7 Å². The number of pyridine rings is 2. The van der Waals surface area contributed by atoms with Gasteiger partial charge in [-0.1, -0.05) is 0 Å². The van der Waals surface area contributed by atoms with Gasteiger partial charge in [-0.15, -0.1) is 0 Å². The Bertz CT molecular complexity index is 533. The summed E-state index contributed by atoms with van der Waals surface area (Å²) < 4.78 is 0. The maximum absolute atomic E-state index is 7.80. The Hall–Kier alpha value is -2.56. The first kappa shape index (κ1) is 10.9. The predicted molar refractivity (Wildman–Crippen MR) is 66.0 cm³/mol. The first-order chi connectivity index (χ1) is 8.27. The Kier molecular flexibility index (Phi) is 3.20. The predicted octanol–water partition coefficient (Wildman–Crippen LogP) is 1.21. The molecule has 5 nitrogen and oxygen atoms in total. The van der Waals surface area contributed by atoms with Crippen LogP contribution in [0.3, 0.4) is 0 Å². The minimum Gasteiger partial charge on any atom is -0.383 e. The van der Waals surface area contributed by atoms with Crippen molar-refractivity contribution in [3.63, 3.8) is 0 Å². The Labute approximate surface area is 98.6 Å². The minimum absolute atomic E-state index is 0.113. The van der Waals surface area contributed by atoms with Crippen LogP contribution in [-0.4, -0.2) is 21.6 Å². The van der Waals surface area contributed by atoms with Gasteiger partial charge in [-0.25, -0.2) is 4.99 Å². The van der Waals surface area contributed by atoms with Gasteiger partial charge >= 0.3 is 0 Å². The number of nitrogens with one attached hydrogen (secondary N) is 1. The van der Waals surface area contributed by atoms with Crippen molar-refractivity contribution in [3.05, 3.63) is 60.2 Å². The molecule has 2 heterocycles. The van der Waals surface area contributed by atoms with E-state index in [0.29, 0.717) is 11.4 Å². The topological polar surface area (TPSA) is 88.0 Å². The van der Waals surface area contributed by atoms with E-state index in [4.69, 9.17) is 11.1 Å². The highest BCUT2D eigenvalue weighted by atomic mass is 14.9. The van der Waals surface area contributed by atoms with E-state index in [0.717, 1.165) is 5.56 Å². The van der Waals surface area contributed by atoms with Gasteiger partial charge in [0.1, 0.15) is 5.84 Å². The monoisotopic (exact) mass is 225 g/mol. The van der Waals surface area contributed by atoms with Crippen molar-refractivity contribution in [2.45, 2.75) is 0 Å². The Balaban J connectivity index is 2.24. The van der Waals surface area contributed by atoms with Crippen molar-refractivity contribution in [1.82, 2.24) is 9.97 Å². The lowest BCUT2D eigenvalue weighted by Crippen LogP contribution is -2.15.